The molecule has 0 fully saturated rings. The van der Waals surface area contributed by atoms with Crippen LogP contribution in [0.15, 0.2) is 97.3 Å². The third-order valence-electron chi connectivity index (χ3n) is 5.64. The summed E-state index contributed by atoms with van der Waals surface area (Å²) >= 11 is 0. The number of hydrogen-bond acceptors (Lipinski definition) is 11. The van der Waals surface area contributed by atoms with Crippen molar-refractivity contribution >= 4 is 78.2 Å². The summed E-state index contributed by atoms with van der Waals surface area (Å²) in [6, 6.07) is 11.3. The van der Waals surface area contributed by atoms with Crippen molar-refractivity contribution in [3.05, 3.63) is 72.8 Å². The van der Waals surface area contributed by atoms with Crippen molar-refractivity contribution in [3.8, 4) is 0 Å². The van der Waals surface area contributed by atoms with Gasteiger partial charge in [-0.3, -0.25) is 23.1 Å². The fourth-order valence-electron chi connectivity index (χ4n) is 3.83. The average Bonchev–Trinajstić information content (AvgIpc) is 2.86. The highest BCUT2D eigenvalue weighted by Crippen LogP contribution is 2.36. The van der Waals surface area contributed by atoms with Crippen molar-refractivity contribution in [1.29, 1.82) is 0 Å². The average molecular weight is 694 g/mol. The number of anilines is 3. The van der Waals surface area contributed by atoms with Crippen LogP contribution in [0.25, 0.3) is 10.8 Å². The normalized spacial score (nSPS) is 13.1. The van der Waals surface area contributed by atoms with Gasteiger partial charge in [-0.1, -0.05) is 12.1 Å². The predicted octanol–water partition coefficient (Wildman–Crippen LogP) is 1.76. The molecule has 0 bridgehead atoms. The van der Waals surface area contributed by atoms with E-state index in [0.29, 0.717) is 24.3 Å². The Kier molecular flexibility index (Phi) is 7.99. The maximum absolute atomic E-state index is 13.4. The van der Waals surface area contributed by atoms with E-state index in [0.717, 1.165) is 24.3 Å². The van der Waals surface area contributed by atoms with Gasteiger partial charge in [0.2, 0.25) is 0 Å². The van der Waals surface area contributed by atoms with Crippen LogP contribution in [0.2, 0.25) is 0 Å². The summed E-state index contributed by atoms with van der Waals surface area (Å²) in [5, 5.41) is -1.40. The Morgan fingerprint density at radius 1 is 0.535 bits per heavy atom. The molecule has 0 radical (unpaired) electrons. The molecule has 4 aromatic carbocycles. The van der Waals surface area contributed by atoms with Crippen molar-refractivity contribution in [1.82, 2.24) is 0 Å². The second kappa shape index (κ2) is 10.7. The third-order valence-corrected chi connectivity index (χ3v) is 10.9. The molecule has 21 heteroatoms. The molecule has 4 aromatic rings. The number of rotatable bonds is 9. The molecule has 0 heterocycles. The maximum atomic E-state index is 13.4. The second-order valence-electron chi connectivity index (χ2n) is 8.73. The van der Waals surface area contributed by atoms with Gasteiger partial charge in [-0.05, 0) is 66.0 Å². The summed E-state index contributed by atoms with van der Waals surface area (Å²) in [7, 11) is -24.7. The number of fused-ring (bicyclic) bond motifs is 1. The molecule has 4 rings (SSSR count). The molecule has 0 aromatic heterocycles. The van der Waals surface area contributed by atoms with Gasteiger partial charge in [-0.25, -0.2) is 16.8 Å². The fourth-order valence-corrected chi connectivity index (χ4v) is 7.96. The minimum Gasteiger partial charge on any atom is -0.399 e. The Labute approximate surface area is 245 Å². The van der Waals surface area contributed by atoms with Gasteiger partial charge in [0.25, 0.3) is 50.4 Å². The quantitative estimate of drug-likeness (QED) is 0.108. The maximum Gasteiger partial charge on any atom is 0.295 e. The van der Waals surface area contributed by atoms with Crippen LogP contribution in [-0.4, -0.2) is 55.7 Å². The molecule has 0 saturated heterocycles. The van der Waals surface area contributed by atoms with Gasteiger partial charge in [-0.2, -0.15) is 25.3 Å². The minimum atomic E-state index is -5.37. The van der Waals surface area contributed by atoms with Crippen LogP contribution in [0.4, 0.5) is 17.1 Å². The van der Waals surface area contributed by atoms with Crippen LogP contribution in [0.5, 0.6) is 0 Å². The van der Waals surface area contributed by atoms with Gasteiger partial charge in [0, 0.05) is 11.1 Å². The summed E-state index contributed by atoms with van der Waals surface area (Å²) in [6.07, 6.45) is 0. The fraction of sp³-hybridized carbons (Fsp3) is 0. The molecule has 0 spiro atoms. The Morgan fingerprint density at radius 2 is 1.05 bits per heavy atom. The van der Waals surface area contributed by atoms with Crippen LogP contribution >= 0.6 is 0 Å². The van der Waals surface area contributed by atoms with Crippen LogP contribution < -0.4 is 15.2 Å². The molecular formula is C22H19N3O13S5. The Hall–Kier alpha value is -3.83. The first-order chi connectivity index (χ1) is 19.6. The highest BCUT2D eigenvalue weighted by atomic mass is 32.2. The lowest BCUT2D eigenvalue weighted by molar-refractivity contribution is 0.480. The largest absolute Gasteiger partial charge is 0.399 e. The van der Waals surface area contributed by atoms with E-state index in [4.69, 9.17) is 5.73 Å². The van der Waals surface area contributed by atoms with Crippen molar-refractivity contribution in [3.63, 3.8) is 0 Å². The van der Waals surface area contributed by atoms with Gasteiger partial charge >= 0.3 is 0 Å². The van der Waals surface area contributed by atoms with E-state index in [1.165, 1.54) is 24.3 Å². The summed E-state index contributed by atoms with van der Waals surface area (Å²) in [5.41, 5.74) is 4.63. The summed E-state index contributed by atoms with van der Waals surface area (Å²) in [6.45, 7) is 0. The summed E-state index contributed by atoms with van der Waals surface area (Å²) in [4.78, 5) is -4.27. The first kappa shape index (κ1) is 32.1. The lowest BCUT2D eigenvalue weighted by atomic mass is 10.1. The predicted molar refractivity (Wildman–Crippen MR) is 152 cm³/mol. The number of nitrogens with one attached hydrogen (secondary N) is 2. The van der Waals surface area contributed by atoms with E-state index < -0.39 is 86.4 Å². The number of benzene rings is 4. The second-order valence-corrected chi connectivity index (χ2v) is 16.3. The molecular weight excluding hydrogens is 675 g/mol. The van der Waals surface area contributed by atoms with E-state index in [2.05, 4.69) is 4.72 Å². The SMILES string of the molecule is Nc1cccc(S(=O)(=O)Nc2cccc(S(=O)(=O)Nc3cc(S(=O)(=O)O)cc4cc(S(=O)(=O)O)cc(S(=O)(=O)O)c34)c2)c1. The topological polar surface area (TPSA) is 281 Å². The van der Waals surface area contributed by atoms with Crippen molar-refractivity contribution in [2.45, 2.75) is 24.5 Å². The van der Waals surface area contributed by atoms with E-state index in [9.17, 15) is 55.7 Å². The van der Waals surface area contributed by atoms with E-state index >= 15 is 0 Å². The first-order valence-corrected chi connectivity index (χ1v) is 18.4. The molecule has 7 N–H and O–H groups in total. The molecule has 0 aliphatic heterocycles. The van der Waals surface area contributed by atoms with Crippen LogP contribution in [-0.2, 0) is 50.4 Å². The lowest BCUT2D eigenvalue weighted by Crippen LogP contribution is -2.16. The van der Waals surface area contributed by atoms with Crippen molar-refractivity contribution < 1.29 is 55.7 Å². The van der Waals surface area contributed by atoms with Crippen LogP contribution in [0, 0.1) is 0 Å². The van der Waals surface area contributed by atoms with Gasteiger partial charge in [-0.15, -0.1) is 0 Å². The smallest absolute Gasteiger partial charge is 0.295 e. The molecule has 0 atom stereocenters. The minimum absolute atomic E-state index is 0.135. The Bertz CT molecular complexity index is 2350. The van der Waals surface area contributed by atoms with Gasteiger partial charge in [0.1, 0.15) is 4.90 Å². The summed E-state index contributed by atoms with van der Waals surface area (Å²) < 4.78 is 157. The van der Waals surface area contributed by atoms with Crippen LogP contribution in [0.3, 0.4) is 0 Å². The Morgan fingerprint density at radius 3 is 1.58 bits per heavy atom. The van der Waals surface area contributed by atoms with Gasteiger partial charge < -0.3 is 5.73 Å². The van der Waals surface area contributed by atoms with E-state index in [1.807, 2.05) is 4.72 Å². The number of hydrogen-bond donors (Lipinski definition) is 6. The van der Waals surface area contributed by atoms with Crippen LogP contribution in [0.1, 0.15) is 0 Å². The zero-order valence-electron chi connectivity index (χ0n) is 21.0. The zero-order chi connectivity index (χ0) is 32.2. The van der Waals surface area contributed by atoms with Crippen molar-refractivity contribution in [2.75, 3.05) is 15.2 Å². The lowest BCUT2D eigenvalue weighted by Gasteiger charge is -2.16. The molecule has 230 valence electrons. The van der Waals surface area contributed by atoms with Gasteiger partial charge in [0.15, 0.2) is 0 Å². The molecule has 0 amide bonds. The third kappa shape index (κ3) is 7.05. The number of nitrogens with two attached hydrogens (primary N) is 1. The highest BCUT2D eigenvalue weighted by Gasteiger charge is 2.27. The highest BCUT2D eigenvalue weighted by molar-refractivity contribution is 7.93. The monoisotopic (exact) mass is 693 g/mol. The van der Waals surface area contributed by atoms with Gasteiger partial charge in [0.05, 0.1) is 31.0 Å². The first-order valence-electron chi connectivity index (χ1n) is 11.1. The standard InChI is InChI=1S/C22H19N3O13S5/c23-14-3-1-5-16(9-14)39(26,27)24-15-4-2-6-17(10-15)40(28,29)25-20-11-18(41(30,31)32)7-13-8-19(42(33,34)35)12-21(22(13)20)43(36,37)38/h1-12,24-25H,23H2,(H,30,31,32)(H,33,34,35)(H,36,37,38). The molecule has 0 aliphatic carbocycles. The number of sulfonamides is 2. The zero-order valence-corrected chi connectivity index (χ0v) is 25.1. The molecule has 0 saturated carbocycles. The molecule has 0 unspecified atom stereocenters. The van der Waals surface area contributed by atoms with Crippen molar-refractivity contribution in [2.24, 2.45) is 0 Å². The molecule has 43 heavy (non-hydrogen) atoms. The summed E-state index contributed by atoms with van der Waals surface area (Å²) in [5.74, 6) is 0. The molecule has 0 aliphatic rings. The Balaban J connectivity index is 1.89. The van der Waals surface area contributed by atoms with E-state index in [-0.39, 0.29) is 16.3 Å². The number of nitrogen functional groups attached to an aromatic ring is 1. The molecule has 16 nitrogen and oxygen atoms in total. The van der Waals surface area contributed by atoms with E-state index in [1.54, 1.807) is 0 Å².